The van der Waals surface area contributed by atoms with Gasteiger partial charge in [-0.3, -0.25) is 0 Å². The summed E-state index contributed by atoms with van der Waals surface area (Å²) in [6, 6.07) is 18.1. The molecule has 0 radical (unpaired) electrons. The van der Waals surface area contributed by atoms with Crippen molar-refractivity contribution < 1.29 is 14.4 Å². The third-order valence-corrected chi connectivity index (χ3v) is 5.34. The summed E-state index contributed by atoms with van der Waals surface area (Å²) in [6.07, 6.45) is 4.44. The highest BCUT2D eigenvalue weighted by Crippen LogP contribution is 2.38. The summed E-state index contributed by atoms with van der Waals surface area (Å²) in [5.74, 6) is 2.05. The van der Waals surface area contributed by atoms with E-state index in [2.05, 4.69) is 15.5 Å². The standard InChI is InChI=1S/C21H25N2O2/c1-25-19-13-8-7-12-18(19)22-16-21(24,17-10-4-2-5-11-17)23-15-9-3-6-14-20(22)23/h2,4-5,7-8,10-13,24H,3,6,9,14-16H2,1H3/q+1/t21-/m1/s1. The summed E-state index contributed by atoms with van der Waals surface area (Å²) in [5, 5.41) is 11.7. The molecular formula is C21H25N2O2+. The Hall–Kier alpha value is -2.33. The zero-order chi connectivity index (χ0) is 17.3. The molecule has 4 heteroatoms. The van der Waals surface area contributed by atoms with Gasteiger partial charge in [-0.25, -0.2) is 9.48 Å². The number of nitrogens with zero attached hydrogens (tertiary/aromatic N) is 2. The lowest BCUT2D eigenvalue weighted by molar-refractivity contribution is -0.658. The zero-order valence-corrected chi connectivity index (χ0v) is 14.7. The molecule has 130 valence electrons. The van der Waals surface area contributed by atoms with Crippen molar-refractivity contribution in [3.63, 3.8) is 0 Å². The van der Waals surface area contributed by atoms with Gasteiger partial charge < -0.3 is 9.84 Å². The van der Waals surface area contributed by atoms with Crippen LogP contribution in [0.25, 0.3) is 0 Å². The molecule has 0 saturated heterocycles. The number of benzene rings is 2. The number of aliphatic hydroxyl groups is 1. The minimum Gasteiger partial charge on any atom is -0.492 e. The van der Waals surface area contributed by atoms with Crippen LogP contribution in [0.3, 0.4) is 0 Å². The Balaban J connectivity index is 1.84. The van der Waals surface area contributed by atoms with Crippen molar-refractivity contribution in [3.05, 3.63) is 60.2 Å². The van der Waals surface area contributed by atoms with Crippen molar-refractivity contribution >= 4 is 11.5 Å². The SMILES string of the molecule is COc1ccccc1N1C[C@@](O)(c2ccccc2)[N+]2=C1CCCCC2. The van der Waals surface area contributed by atoms with Gasteiger partial charge in [0.05, 0.1) is 13.7 Å². The second-order valence-corrected chi connectivity index (χ2v) is 6.82. The molecule has 2 aromatic rings. The van der Waals surface area contributed by atoms with Gasteiger partial charge in [-0.15, -0.1) is 0 Å². The average Bonchev–Trinajstić information content (AvgIpc) is 2.82. The summed E-state index contributed by atoms with van der Waals surface area (Å²) >= 11 is 0. The Morgan fingerprint density at radius 2 is 1.76 bits per heavy atom. The predicted octanol–water partition coefficient (Wildman–Crippen LogP) is 3.35. The highest BCUT2D eigenvalue weighted by Gasteiger charge is 2.52. The summed E-state index contributed by atoms with van der Waals surface area (Å²) in [7, 11) is 1.70. The van der Waals surface area contributed by atoms with E-state index in [0.717, 1.165) is 42.8 Å². The van der Waals surface area contributed by atoms with E-state index in [1.165, 1.54) is 12.3 Å². The van der Waals surface area contributed by atoms with Crippen LogP contribution in [0.4, 0.5) is 5.69 Å². The van der Waals surface area contributed by atoms with Crippen LogP contribution in [0.1, 0.15) is 31.2 Å². The first kappa shape index (κ1) is 16.2. The van der Waals surface area contributed by atoms with Gasteiger partial charge in [-0.05, 0) is 31.4 Å². The minimum atomic E-state index is -0.998. The fourth-order valence-corrected chi connectivity index (χ4v) is 4.10. The van der Waals surface area contributed by atoms with E-state index in [-0.39, 0.29) is 0 Å². The Bertz CT molecular complexity index is 787. The molecule has 0 spiro atoms. The average molecular weight is 337 g/mol. The highest BCUT2D eigenvalue weighted by molar-refractivity contribution is 5.97. The summed E-state index contributed by atoms with van der Waals surface area (Å²) in [4.78, 5) is 2.25. The Morgan fingerprint density at radius 3 is 2.56 bits per heavy atom. The van der Waals surface area contributed by atoms with E-state index >= 15 is 0 Å². The van der Waals surface area contributed by atoms with Gasteiger partial charge in [0.2, 0.25) is 0 Å². The first-order valence-corrected chi connectivity index (χ1v) is 9.06. The fourth-order valence-electron chi connectivity index (χ4n) is 4.10. The third-order valence-electron chi connectivity index (χ3n) is 5.34. The normalized spacial score (nSPS) is 23.4. The van der Waals surface area contributed by atoms with Gasteiger partial charge in [0.15, 0.2) is 18.0 Å². The lowest BCUT2D eigenvalue weighted by Crippen LogP contribution is -2.41. The molecule has 0 fully saturated rings. The van der Waals surface area contributed by atoms with Crippen LogP contribution in [0.2, 0.25) is 0 Å². The molecule has 1 atom stereocenters. The summed E-state index contributed by atoms with van der Waals surface area (Å²) < 4.78 is 7.80. The zero-order valence-electron chi connectivity index (χ0n) is 14.7. The van der Waals surface area contributed by atoms with Gasteiger partial charge in [-0.1, -0.05) is 42.5 Å². The molecule has 0 aliphatic carbocycles. The maximum Gasteiger partial charge on any atom is 0.271 e. The number of rotatable bonds is 3. The van der Waals surface area contributed by atoms with Crippen molar-refractivity contribution in [1.82, 2.24) is 0 Å². The molecule has 25 heavy (non-hydrogen) atoms. The van der Waals surface area contributed by atoms with Crippen molar-refractivity contribution in [2.24, 2.45) is 0 Å². The van der Waals surface area contributed by atoms with E-state index in [1.54, 1.807) is 7.11 Å². The molecule has 2 heterocycles. The topological polar surface area (TPSA) is 35.7 Å². The molecule has 0 aromatic heterocycles. The number of hydrogen-bond donors (Lipinski definition) is 1. The van der Waals surface area contributed by atoms with Crippen molar-refractivity contribution in [3.8, 4) is 5.75 Å². The van der Waals surface area contributed by atoms with Crippen LogP contribution in [-0.4, -0.2) is 35.7 Å². The minimum absolute atomic E-state index is 0.521. The van der Waals surface area contributed by atoms with Crippen LogP contribution in [0.5, 0.6) is 5.75 Å². The molecule has 1 N–H and O–H groups in total. The first-order valence-electron chi connectivity index (χ1n) is 9.06. The molecule has 0 saturated carbocycles. The Labute approximate surface area is 149 Å². The second kappa shape index (κ2) is 6.52. The molecule has 0 unspecified atom stereocenters. The lowest BCUT2D eigenvalue weighted by atomic mass is 10.0. The number of hydrogen-bond acceptors (Lipinski definition) is 3. The molecule has 2 aliphatic rings. The molecule has 0 bridgehead atoms. The largest absolute Gasteiger partial charge is 0.492 e. The number of para-hydroxylation sites is 2. The van der Waals surface area contributed by atoms with Crippen LogP contribution >= 0.6 is 0 Å². The van der Waals surface area contributed by atoms with Crippen LogP contribution in [0.15, 0.2) is 54.6 Å². The van der Waals surface area contributed by atoms with E-state index in [0.29, 0.717) is 6.54 Å². The smallest absolute Gasteiger partial charge is 0.271 e. The number of β-amino-alcohol motifs (C(OH)–C–C–N with tert-alkyl or cyclic N) is 1. The molecule has 0 amide bonds. The molecule has 2 aromatic carbocycles. The van der Waals surface area contributed by atoms with Crippen LogP contribution in [-0.2, 0) is 5.72 Å². The summed E-state index contributed by atoms with van der Waals surface area (Å²) in [5.41, 5.74) is 0.979. The van der Waals surface area contributed by atoms with Crippen molar-refractivity contribution in [1.29, 1.82) is 0 Å². The molecule has 4 nitrogen and oxygen atoms in total. The number of anilines is 1. The van der Waals surface area contributed by atoms with Gasteiger partial charge in [0.1, 0.15) is 0 Å². The number of ether oxygens (including phenoxy) is 1. The maximum absolute atomic E-state index is 11.7. The van der Waals surface area contributed by atoms with Crippen LogP contribution in [0, 0.1) is 0 Å². The third kappa shape index (κ3) is 2.71. The number of amidine groups is 1. The predicted molar refractivity (Wildman–Crippen MR) is 99.3 cm³/mol. The summed E-state index contributed by atoms with van der Waals surface area (Å²) in [6.45, 7) is 1.40. The monoisotopic (exact) mass is 337 g/mol. The van der Waals surface area contributed by atoms with E-state index < -0.39 is 5.72 Å². The van der Waals surface area contributed by atoms with Crippen LogP contribution < -0.4 is 9.64 Å². The Kier molecular flexibility index (Phi) is 4.22. The molecular weight excluding hydrogens is 312 g/mol. The van der Waals surface area contributed by atoms with Gasteiger partial charge in [0.25, 0.3) is 11.6 Å². The van der Waals surface area contributed by atoms with E-state index in [4.69, 9.17) is 4.74 Å². The molecule has 4 rings (SSSR count). The van der Waals surface area contributed by atoms with Gasteiger partial charge in [-0.2, -0.15) is 0 Å². The van der Waals surface area contributed by atoms with Crippen molar-refractivity contribution in [2.75, 3.05) is 25.1 Å². The maximum atomic E-state index is 11.7. The van der Waals surface area contributed by atoms with Crippen molar-refractivity contribution in [2.45, 2.75) is 31.4 Å². The Morgan fingerprint density at radius 1 is 1.00 bits per heavy atom. The number of methoxy groups -OCH3 is 1. The molecule has 2 aliphatic heterocycles. The quantitative estimate of drug-likeness (QED) is 0.873. The van der Waals surface area contributed by atoms with Gasteiger partial charge >= 0.3 is 0 Å². The first-order chi connectivity index (χ1) is 12.2. The fraction of sp³-hybridized carbons (Fsp3) is 0.381. The van der Waals surface area contributed by atoms with Gasteiger partial charge in [0, 0.05) is 12.0 Å². The highest BCUT2D eigenvalue weighted by atomic mass is 16.5. The second-order valence-electron chi connectivity index (χ2n) is 6.82. The van der Waals surface area contributed by atoms with E-state index in [1.807, 2.05) is 48.5 Å². The van der Waals surface area contributed by atoms with E-state index in [9.17, 15) is 5.11 Å². The lowest BCUT2D eigenvalue weighted by Gasteiger charge is -2.23.